The fourth-order valence-corrected chi connectivity index (χ4v) is 0.779. The minimum atomic E-state index is 1.07. The van der Waals surface area contributed by atoms with Gasteiger partial charge in [0.15, 0.2) is 0 Å². The summed E-state index contributed by atoms with van der Waals surface area (Å²) in [6.07, 6.45) is 9.70. The first-order valence-electron chi connectivity index (χ1n) is 5.99. The Kier molecular flexibility index (Phi) is 15.0. The Balaban J connectivity index is 0. The fraction of sp³-hybridized carbons (Fsp3) is 0.312. The van der Waals surface area contributed by atoms with Crippen LogP contribution in [0.2, 0.25) is 0 Å². The van der Waals surface area contributed by atoms with Crippen molar-refractivity contribution in [2.75, 3.05) is 0 Å². The molecule has 0 bridgehead atoms. The summed E-state index contributed by atoms with van der Waals surface area (Å²) >= 11 is 0. The van der Waals surface area contributed by atoms with Gasteiger partial charge in [0.05, 0.1) is 0 Å². The standard InChI is InChI=1S/C8H12.C6H7N.C2H6/c1-4-5-6-7-8(2)3;1-6-4-2-3-5-7-6;1-2/h4-7H,2H2,1,3H3;2-5H,1H3;1-2H3/b5-4-,7-6-;;. The van der Waals surface area contributed by atoms with E-state index in [1.807, 2.05) is 77.1 Å². The van der Waals surface area contributed by atoms with Gasteiger partial charge in [-0.2, -0.15) is 0 Å². The second-order valence-corrected chi connectivity index (χ2v) is 3.20. The molecule has 0 fully saturated rings. The van der Waals surface area contributed by atoms with E-state index in [0.29, 0.717) is 0 Å². The maximum Gasteiger partial charge on any atom is 0.0372 e. The van der Waals surface area contributed by atoms with Crippen LogP contribution in [0.3, 0.4) is 0 Å². The molecule has 94 valence electrons. The van der Waals surface area contributed by atoms with Crippen LogP contribution in [0.25, 0.3) is 0 Å². The van der Waals surface area contributed by atoms with Crippen LogP contribution in [0.5, 0.6) is 0 Å². The van der Waals surface area contributed by atoms with E-state index < -0.39 is 0 Å². The number of allylic oxidation sites excluding steroid dienone is 5. The van der Waals surface area contributed by atoms with Crippen molar-refractivity contribution in [1.82, 2.24) is 4.98 Å². The number of aromatic nitrogens is 1. The SMILES string of the molecule is C=C(C)/C=C\C=C/C.CC.Cc1ccccn1. The van der Waals surface area contributed by atoms with E-state index in [2.05, 4.69) is 11.6 Å². The minimum Gasteiger partial charge on any atom is -0.262 e. The predicted molar refractivity (Wildman–Crippen MR) is 79.1 cm³/mol. The topological polar surface area (TPSA) is 12.9 Å². The number of pyridine rings is 1. The first-order chi connectivity index (χ1) is 8.16. The normalized spacial score (nSPS) is 9.24. The molecule has 0 N–H and O–H groups in total. The molecule has 0 aliphatic heterocycles. The maximum atomic E-state index is 3.98. The molecule has 0 spiro atoms. The average Bonchev–Trinajstić information content (AvgIpc) is 2.33. The zero-order chi connectivity index (χ0) is 13.5. The molecule has 0 atom stereocenters. The second-order valence-electron chi connectivity index (χ2n) is 3.20. The van der Waals surface area contributed by atoms with Gasteiger partial charge in [0.1, 0.15) is 0 Å². The van der Waals surface area contributed by atoms with Crippen molar-refractivity contribution < 1.29 is 0 Å². The summed E-state index contributed by atoms with van der Waals surface area (Å²) in [7, 11) is 0. The Morgan fingerprint density at radius 3 is 2.18 bits per heavy atom. The molecule has 17 heavy (non-hydrogen) atoms. The van der Waals surface area contributed by atoms with Crippen molar-refractivity contribution in [3.63, 3.8) is 0 Å². The van der Waals surface area contributed by atoms with Gasteiger partial charge in [-0.1, -0.05) is 56.4 Å². The van der Waals surface area contributed by atoms with E-state index >= 15 is 0 Å². The first-order valence-corrected chi connectivity index (χ1v) is 5.99. The molecule has 1 rings (SSSR count). The van der Waals surface area contributed by atoms with Gasteiger partial charge in [-0.15, -0.1) is 0 Å². The van der Waals surface area contributed by atoms with Crippen LogP contribution in [0, 0.1) is 6.92 Å². The highest BCUT2D eigenvalue weighted by Gasteiger charge is 1.73. The highest BCUT2D eigenvalue weighted by molar-refractivity contribution is 5.16. The lowest BCUT2D eigenvalue weighted by Crippen LogP contribution is -1.72. The number of hydrogen-bond acceptors (Lipinski definition) is 1. The lowest BCUT2D eigenvalue weighted by molar-refractivity contribution is 1.20. The molecule has 0 amide bonds. The van der Waals surface area contributed by atoms with Crippen LogP contribution >= 0.6 is 0 Å². The summed E-state index contributed by atoms with van der Waals surface area (Å²) in [6.45, 7) is 13.6. The quantitative estimate of drug-likeness (QED) is 0.644. The molecule has 0 aliphatic rings. The van der Waals surface area contributed by atoms with Crippen LogP contribution in [-0.2, 0) is 0 Å². The van der Waals surface area contributed by atoms with Gasteiger partial charge in [-0.25, -0.2) is 0 Å². The third-order valence-corrected chi connectivity index (χ3v) is 1.50. The summed E-state index contributed by atoms with van der Waals surface area (Å²) in [6, 6.07) is 5.86. The lowest BCUT2D eigenvalue weighted by Gasteiger charge is -1.82. The van der Waals surface area contributed by atoms with Crippen molar-refractivity contribution in [3.8, 4) is 0 Å². The van der Waals surface area contributed by atoms with Crippen LogP contribution in [0.1, 0.15) is 33.4 Å². The molecule has 0 saturated heterocycles. The summed E-state index contributed by atoms with van der Waals surface area (Å²) < 4.78 is 0. The largest absolute Gasteiger partial charge is 0.262 e. The monoisotopic (exact) mass is 231 g/mol. The van der Waals surface area contributed by atoms with Crippen LogP contribution in [0.15, 0.2) is 60.9 Å². The molecule has 0 saturated carbocycles. The zero-order valence-corrected chi connectivity index (χ0v) is 11.8. The number of hydrogen-bond donors (Lipinski definition) is 0. The van der Waals surface area contributed by atoms with Gasteiger partial charge >= 0.3 is 0 Å². The van der Waals surface area contributed by atoms with Crippen molar-refractivity contribution in [1.29, 1.82) is 0 Å². The Hall–Kier alpha value is -1.63. The Morgan fingerprint density at radius 1 is 1.24 bits per heavy atom. The van der Waals surface area contributed by atoms with Crippen molar-refractivity contribution in [2.24, 2.45) is 0 Å². The zero-order valence-electron chi connectivity index (χ0n) is 11.8. The lowest BCUT2D eigenvalue weighted by atomic mass is 10.3. The van der Waals surface area contributed by atoms with Gasteiger partial charge in [-0.3, -0.25) is 4.98 Å². The first kappa shape index (κ1) is 17.8. The molecule has 0 radical (unpaired) electrons. The van der Waals surface area contributed by atoms with Crippen LogP contribution in [0.4, 0.5) is 0 Å². The number of nitrogens with zero attached hydrogens (tertiary/aromatic N) is 1. The highest BCUT2D eigenvalue weighted by Crippen LogP contribution is 1.88. The van der Waals surface area contributed by atoms with Gasteiger partial charge in [-0.05, 0) is 32.9 Å². The predicted octanol–water partition coefficient (Wildman–Crippen LogP) is 5.11. The van der Waals surface area contributed by atoms with Gasteiger partial charge in [0.25, 0.3) is 0 Å². The second kappa shape index (κ2) is 14.4. The van der Waals surface area contributed by atoms with E-state index in [0.717, 1.165) is 11.3 Å². The molecule has 0 unspecified atom stereocenters. The summed E-state index contributed by atoms with van der Waals surface area (Å²) in [5.74, 6) is 0. The number of aryl methyl sites for hydroxylation is 1. The third-order valence-electron chi connectivity index (χ3n) is 1.50. The fourth-order valence-electron chi connectivity index (χ4n) is 0.779. The van der Waals surface area contributed by atoms with Crippen LogP contribution < -0.4 is 0 Å². The van der Waals surface area contributed by atoms with E-state index in [-0.39, 0.29) is 0 Å². The Labute approximate surface area is 107 Å². The highest BCUT2D eigenvalue weighted by atomic mass is 14.6. The summed E-state index contributed by atoms with van der Waals surface area (Å²) in [5, 5.41) is 0. The van der Waals surface area contributed by atoms with Crippen LogP contribution in [-0.4, -0.2) is 4.98 Å². The van der Waals surface area contributed by atoms with Crippen molar-refractivity contribution >= 4 is 0 Å². The van der Waals surface area contributed by atoms with E-state index in [9.17, 15) is 0 Å². The maximum absolute atomic E-state index is 3.98. The van der Waals surface area contributed by atoms with Crippen molar-refractivity contribution in [2.45, 2.75) is 34.6 Å². The average molecular weight is 231 g/mol. The number of rotatable bonds is 2. The Bertz CT molecular complexity index is 321. The molecule has 0 aliphatic carbocycles. The van der Waals surface area contributed by atoms with Gasteiger partial charge in [0.2, 0.25) is 0 Å². The smallest absolute Gasteiger partial charge is 0.0372 e. The van der Waals surface area contributed by atoms with Gasteiger partial charge in [0, 0.05) is 11.9 Å². The molecular formula is C16H25N. The van der Waals surface area contributed by atoms with Gasteiger partial charge < -0.3 is 0 Å². The van der Waals surface area contributed by atoms with E-state index in [1.165, 1.54) is 0 Å². The molecule has 1 aromatic rings. The minimum absolute atomic E-state index is 1.07. The molecule has 0 aromatic carbocycles. The van der Waals surface area contributed by atoms with E-state index in [4.69, 9.17) is 0 Å². The van der Waals surface area contributed by atoms with Crippen molar-refractivity contribution in [3.05, 3.63) is 66.5 Å². The molecule has 1 nitrogen and oxygen atoms in total. The molecular weight excluding hydrogens is 206 g/mol. The molecule has 1 heterocycles. The van der Waals surface area contributed by atoms with E-state index in [1.54, 1.807) is 6.20 Å². The Morgan fingerprint density at radius 2 is 1.88 bits per heavy atom. The third kappa shape index (κ3) is 17.0. The summed E-state index contributed by atoms with van der Waals surface area (Å²) in [5.41, 5.74) is 2.16. The molecule has 1 heteroatoms. The molecule has 1 aromatic heterocycles. The summed E-state index contributed by atoms with van der Waals surface area (Å²) in [4.78, 5) is 3.98.